The molecule has 20 heavy (non-hydrogen) atoms. The molecule has 3 heterocycles. The summed E-state index contributed by atoms with van der Waals surface area (Å²) in [5, 5.41) is 0. The molecule has 108 valence electrons. The van der Waals surface area contributed by atoms with E-state index in [1.807, 2.05) is 0 Å². The van der Waals surface area contributed by atoms with E-state index in [4.69, 9.17) is 21.1 Å². The van der Waals surface area contributed by atoms with E-state index >= 15 is 0 Å². The van der Waals surface area contributed by atoms with E-state index in [2.05, 4.69) is 33.4 Å². The smallest absolute Gasteiger partial charge is 0.245 e. The predicted molar refractivity (Wildman–Crippen MR) is 75.1 cm³/mol. The van der Waals surface area contributed by atoms with Crippen LogP contribution in [0.15, 0.2) is 6.33 Å². The quantitative estimate of drug-likeness (QED) is 0.812. The second-order valence-corrected chi connectivity index (χ2v) is 5.44. The highest BCUT2D eigenvalue weighted by atomic mass is 35.5. The van der Waals surface area contributed by atoms with Crippen LogP contribution < -0.4 is 4.74 Å². The van der Waals surface area contributed by atoms with Gasteiger partial charge in [-0.05, 0) is 20.3 Å². The molecule has 2 aromatic heterocycles. The van der Waals surface area contributed by atoms with Crippen molar-refractivity contribution in [3.8, 4) is 5.88 Å². The molecule has 0 saturated carbocycles. The minimum absolute atomic E-state index is 0.0721. The third-order valence-electron chi connectivity index (χ3n) is 4.16. The van der Waals surface area contributed by atoms with Crippen LogP contribution in [0.1, 0.15) is 26.1 Å². The SMILES string of the molecule is COc1ncnc2c1nc(CCl)n2C1(C)CCOC1C. The van der Waals surface area contributed by atoms with Crippen LogP contribution >= 0.6 is 11.6 Å². The number of ether oxygens (including phenoxy) is 2. The van der Waals surface area contributed by atoms with Gasteiger partial charge in [0.1, 0.15) is 12.2 Å². The van der Waals surface area contributed by atoms with E-state index in [0.717, 1.165) is 24.5 Å². The lowest BCUT2D eigenvalue weighted by Gasteiger charge is -2.31. The summed E-state index contributed by atoms with van der Waals surface area (Å²) in [7, 11) is 1.57. The van der Waals surface area contributed by atoms with Crippen LogP contribution in [-0.2, 0) is 16.2 Å². The van der Waals surface area contributed by atoms with Gasteiger partial charge in [-0.15, -0.1) is 11.6 Å². The fourth-order valence-corrected chi connectivity index (χ4v) is 2.99. The molecule has 0 N–H and O–H groups in total. The highest BCUT2D eigenvalue weighted by Gasteiger charge is 2.41. The van der Waals surface area contributed by atoms with Crippen LogP contribution in [0.4, 0.5) is 0 Å². The maximum Gasteiger partial charge on any atom is 0.245 e. The predicted octanol–water partition coefficient (Wildman–Crippen LogP) is 2.10. The summed E-state index contributed by atoms with van der Waals surface area (Å²) in [6, 6.07) is 0. The lowest BCUT2D eigenvalue weighted by molar-refractivity contribution is 0.0764. The lowest BCUT2D eigenvalue weighted by atomic mass is 9.94. The molecule has 1 saturated heterocycles. The zero-order valence-corrected chi connectivity index (χ0v) is 12.5. The molecule has 1 fully saturated rings. The molecule has 2 atom stereocenters. The highest BCUT2D eigenvalue weighted by molar-refractivity contribution is 6.16. The Morgan fingerprint density at radius 1 is 1.55 bits per heavy atom. The molecule has 0 aromatic carbocycles. The van der Waals surface area contributed by atoms with Crippen LogP contribution in [0.2, 0.25) is 0 Å². The number of rotatable bonds is 3. The van der Waals surface area contributed by atoms with Crippen LogP contribution in [0.25, 0.3) is 11.2 Å². The summed E-state index contributed by atoms with van der Waals surface area (Å²) < 4.78 is 13.1. The van der Waals surface area contributed by atoms with Gasteiger partial charge < -0.3 is 14.0 Å². The van der Waals surface area contributed by atoms with Crippen molar-refractivity contribution in [2.45, 2.75) is 37.8 Å². The van der Waals surface area contributed by atoms with Crippen molar-refractivity contribution < 1.29 is 9.47 Å². The molecule has 7 heteroatoms. The number of methoxy groups -OCH3 is 1. The van der Waals surface area contributed by atoms with Gasteiger partial charge in [-0.1, -0.05) is 0 Å². The summed E-state index contributed by atoms with van der Waals surface area (Å²) in [5.74, 6) is 1.54. The third-order valence-corrected chi connectivity index (χ3v) is 4.39. The van der Waals surface area contributed by atoms with Crippen molar-refractivity contribution in [2.24, 2.45) is 0 Å². The largest absolute Gasteiger partial charge is 0.479 e. The molecule has 0 amide bonds. The summed E-state index contributed by atoms with van der Waals surface area (Å²) in [4.78, 5) is 13.0. The Labute approximate surface area is 122 Å². The van der Waals surface area contributed by atoms with Crippen molar-refractivity contribution in [2.75, 3.05) is 13.7 Å². The normalized spacial score (nSPS) is 26.3. The maximum absolute atomic E-state index is 6.07. The second kappa shape index (κ2) is 4.86. The molecule has 3 rings (SSSR count). The van der Waals surface area contributed by atoms with E-state index in [0.29, 0.717) is 17.3 Å². The topological polar surface area (TPSA) is 62.1 Å². The van der Waals surface area contributed by atoms with Gasteiger partial charge >= 0.3 is 0 Å². The number of alkyl halides is 1. The Kier molecular flexibility index (Phi) is 3.30. The molecule has 1 aliphatic heterocycles. The molecule has 0 spiro atoms. The molecule has 2 aromatic rings. The van der Waals surface area contributed by atoms with E-state index < -0.39 is 0 Å². The second-order valence-electron chi connectivity index (χ2n) is 5.17. The average molecular weight is 297 g/mol. The Morgan fingerprint density at radius 2 is 2.35 bits per heavy atom. The number of halogens is 1. The number of hydrogen-bond acceptors (Lipinski definition) is 5. The monoisotopic (exact) mass is 296 g/mol. The summed E-state index contributed by atoms with van der Waals surface area (Å²) >= 11 is 6.07. The van der Waals surface area contributed by atoms with E-state index in [1.54, 1.807) is 7.11 Å². The van der Waals surface area contributed by atoms with Crippen LogP contribution in [-0.4, -0.2) is 39.3 Å². The van der Waals surface area contributed by atoms with Crippen LogP contribution in [0, 0.1) is 0 Å². The Bertz CT molecular complexity index is 645. The van der Waals surface area contributed by atoms with Crippen molar-refractivity contribution in [3.63, 3.8) is 0 Å². The zero-order valence-electron chi connectivity index (χ0n) is 11.8. The van der Waals surface area contributed by atoms with Gasteiger partial charge in [-0.3, -0.25) is 0 Å². The number of nitrogens with zero attached hydrogens (tertiary/aromatic N) is 4. The Hall–Kier alpha value is -1.40. The summed E-state index contributed by atoms with van der Waals surface area (Å²) in [6.45, 7) is 4.94. The van der Waals surface area contributed by atoms with Crippen molar-refractivity contribution >= 4 is 22.8 Å². The van der Waals surface area contributed by atoms with Crippen molar-refractivity contribution in [1.82, 2.24) is 19.5 Å². The first-order valence-electron chi connectivity index (χ1n) is 6.56. The van der Waals surface area contributed by atoms with Crippen LogP contribution in [0.3, 0.4) is 0 Å². The number of aromatic nitrogens is 4. The van der Waals surface area contributed by atoms with Gasteiger partial charge in [-0.2, -0.15) is 4.98 Å². The van der Waals surface area contributed by atoms with E-state index in [1.165, 1.54) is 6.33 Å². The first-order chi connectivity index (χ1) is 9.61. The fourth-order valence-electron chi connectivity index (χ4n) is 2.81. The number of hydrogen-bond donors (Lipinski definition) is 0. The van der Waals surface area contributed by atoms with Gasteiger partial charge in [0.05, 0.1) is 24.6 Å². The van der Waals surface area contributed by atoms with Gasteiger partial charge in [-0.25, -0.2) is 9.97 Å². The molecule has 0 bridgehead atoms. The first kappa shape index (κ1) is 13.6. The molecule has 6 nitrogen and oxygen atoms in total. The minimum atomic E-state index is -0.210. The van der Waals surface area contributed by atoms with Gasteiger partial charge in [0.15, 0.2) is 11.2 Å². The molecular formula is C13H17ClN4O2. The van der Waals surface area contributed by atoms with Crippen molar-refractivity contribution in [1.29, 1.82) is 0 Å². The van der Waals surface area contributed by atoms with Gasteiger partial charge in [0.2, 0.25) is 5.88 Å². The average Bonchev–Trinajstić information content (AvgIpc) is 3.00. The summed E-state index contributed by atoms with van der Waals surface area (Å²) in [5.41, 5.74) is 1.18. The summed E-state index contributed by atoms with van der Waals surface area (Å²) in [6.07, 6.45) is 2.46. The fraction of sp³-hybridized carbons (Fsp3) is 0.615. The van der Waals surface area contributed by atoms with Crippen LogP contribution in [0.5, 0.6) is 5.88 Å². The Morgan fingerprint density at radius 3 is 2.95 bits per heavy atom. The number of fused-ring (bicyclic) bond motifs is 1. The highest BCUT2D eigenvalue weighted by Crippen LogP contribution is 2.37. The zero-order chi connectivity index (χ0) is 14.3. The standard InChI is InChI=1S/C13H17ClN4O2/c1-8-13(2,4-5-20-8)18-9(6-14)17-10-11(18)15-7-16-12(10)19-3/h7-8H,4-6H2,1-3H3. The Balaban J connectivity index is 2.29. The van der Waals surface area contributed by atoms with E-state index in [-0.39, 0.29) is 11.6 Å². The molecule has 0 aliphatic carbocycles. The van der Waals surface area contributed by atoms with Gasteiger partial charge in [0, 0.05) is 6.61 Å². The third kappa shape index (κ3) is 1.78. The van der Waals surface area contributed by atoms with Crippen molar-refractivity contribution in [3.05, 3.63) is 12.2 Å². The molecular weight excluding hydrogens is 280 g/mol. The maximum atomic E-state index is 6.07. The minimum Gasteiger partial charge on any atom is -0.479 e. The van der Waals surface area contributed by atoms with Gasteiger partial charge in [0.25, 0.3) is 0 Å². The first-order valence-corrected chi connectivity index (χ1v) is 7.09. The van der Waals surface area contributed by atoms with E-state index in [9.17, 15) is 0 Å². The lowest BCUT2D eigenvalue weighted by Crippen LogP contribution is -2.38. The molecule has 1 aliphatic rings. The molecule has 0 radical (unpaired) electrons. The molecule has 2 unspecified atom stereocenters. The number of imidazole rings is 1.